The monoisotopic (exact) mass is 302 g/mol. The standard InChI is InChI=1S/C15H11FN2O2S/c1-9-8-17-15-18(9)12(13(21-15)14(19)20)7-4-10-2-5-11(16)6-3-10/h2-8H,1H3,(H,19,20)/b7-4+. The minimum absolute atomic E-state index is 0.236. The highest BCUT2D eigenvalue weighted by Gasteiger charge is 2.17. The second-order valence-corrected chi connectivity index (χ2v) is 5.50. The number of aromatic nitrogens is 2. The van der Waals surface area contributed by atoms with Crippen LogP contribution in [0.5, 0.6) is 0 Å². The minimum atomic E-state index is -0.983. The van der Waals surface area contributed by atoms with Gasteiger partial charge in [0.05, 0.1) is 5.69 Å². The normalized spacial score (nSPS) is 11.5. The summed E-state index contributed by atoms with van der Waals surface area (Å²) in [6.45, 7) is 1.87. The highest BCUT2D eigenvalue weighted by atomic mass is 32.1. The Balaban J connectivity index is 2.09. The molecule has 0 bridgehead atoms. The largest absolute Gasteiger partial charge is 0.477 e. The number of imidazole rings is 1. The average molecular weight is 302 g/mol. The molecule has 0 atom stereocenters. The number of carbonyl (C=O) groups is 1. The Hall–Kier alpha value is -2.47. The molecule has 3 rings (SSSR count). The fourth-order valence-electron chi connectivity index (χ4n) is 2.08. The molecule has 106 valence electrons. The van der Waals surface area contributed by atoms with Gasteiger partial charge in [0.2, 0.25) is 0 Å². The number of hydrogen-bond donors (Lipinski definition) is 1. The molecule has 0 aliphatic carbocycles. The Bertz CT molecular complexity index is 847. The molecule has 0 aliphatic rings. The van der Waals surface area contributed by atoms with Gasteiger partial charge in [-0.05, 0) is 30.7 Å². The summed E-state index contributed by atoms with van der Waals surface area (Å²) in [7, 11) is 0. The molecule has 1 N–H and O–H groups in total. The summed E-state index contributed by atoms with van der Waals surface area (Å²) < 4.78 is 14.7. The highest BCUT2D eigenvalue weighted by Crippen LogP contribution is 2.26. The van der Waals surface area contributed by atoms with Crippen molar-refractivity contribution in [3.05, 3.63) is 58.1 Å². The number of fused-ring (bicyclic) bond motifs is 1. The Morgan fingerprint density at radius 1 is 1.33 bits per heavy atom. The lowest BCUT2D eigenvalue weighted by molar-refractivity contribution is 0.0701. The number of hydrogen-bond acceptors (Lipinski definition) is 3. The van der Waals surface area contributed by atoms with Gasteiger partial charge in [-0.15, -0.1) is 0 Å². The first kappa shape index (κ1) is 13.5. The Kier molecular flexibility index (Phi) is 3.31. The third kappa shape index (κ3) is 2.45. The van der Waals surface area contributed by atoms with Crippen molar-refractivity contribution in [2.75, 3.05) is 0 Å². The lowest BCUT2D eigenvalue weighted by Crippen LogP contribution is -1.98. The van der Waals surface area contributed by atoms with Crippen molar-refractivity contribution in [2.45, 2.75) is 6.92 Å². The van der Waals surface area contributed by atoms with Crippen LogP contribution in [0.2, 0.25) is 0 Å². The minimum Gasteiger partial charge on any atom is -0.477 e. The topological polar surface area (TPSA) is 54.6 Å². The second-order valence-electron chi connectivity index (χ2n) is 4.52. The van der Waals surface area contributed by atoms with Crippen LogP contribution in [0.1, 0.15) is 26.6 Å². The van der Waals surface area contributed by atoms with Crippen molar-refractivity contribution in [1.29, 1.82) is 0 Å². The SMILES string of the molecule is Cc1cnc2sc(C(=O)O)c(/C=C/c3ccc(F)cc3)n12. The van der Waals surface area contributed by atoms with Gasteiger partial charge in [0.1, 0.15) is 10.7 Å². The number of nitrogens with zero attached hydrogens (tertiary/aromatic N) is 2. The van der Waals surface area contributed by atoms with Crippen LogP contribution in [0.15, 0.2) is 30.5 Å². The molecule has 1 aromatic carbocycles. The first-order valence-corrected chi connectivity index (χ1v) is 7.01. The molecule has 0 spiro atoms. The van der Waals surface area contributed by atoms with E-state index in [4.69, 9.17) is 0 Å². The van der Waals surface area contributed by atoms with Crippen molar-refractivity contribution < 1.29 is 14.3 Å². The van der Waals surface area contributed by atoms with E-state index in [-0.39, 0.29) is 10.7 Å². The molecular weight excluding hydrogens is 291 g/mol. The van der Waals surface area contributed by atoms with E-state index in [0.717, 1.165) is 22.6 Å². The first-order valence-electron chi connectivity index (χ1n) is 6.20. The van der Waals surface area contributed by atoms with Crippen LogP contribution < -0.4 is 0 Å². The summed E-state index contributed by atoms with van der Waals surface area (Å²) in [6.07, 6.45) is 5.17. The molecule has 0 fully saturated rings. The Labute approximate surface area is 123 Å². The molecule has 0 unspecified atom stereocenters. The quantitative estimate of drug-likeness (QED) is 0.802. The zero-order valence-electron chi connectivity index (χ0n) is 11.1. The van der Waals surface area contributed by atoms with Crippen LogP contribution in [-0.4, -0.2) is 20.5 Å². The molecule has 0 saturated heterocycles. The molecule has 6 heteroatoms. The van der Waals surface area contributed by atoms with Crippen LogP contribution >= 0.6 is 11.3 Å². The van der Waals surface area contributed by atoms with Crippen molar-refractivity contribution >= 4 is 34.4 Å². The highest BCUT2D eigenvalue weighted by molar-refractivity contribution is 7.19. The fraction of sp³-hybridized carbons (Fsp3) is 0.0667. The van der Waals surface area contributed by atoms with E-state index in [0.29, 0.717) is 10.7 Å². The summed E-state index contributed by atoms with van der Waals surface area (Å²) in [5.74, 6) is -1.29. The number of carboxylic acids is 1. The number of aromatic carboxylic acids is 1. The lowest BCUT2D eigenvalue weighted by atomic mass is 10.2. The van der Waals surface area contributed by atoms with Crippen LogP contribution in [0.25, 0.3) is 17.1 Å². The predicted molar refractivity (Wildman–Crippen MR) is 80.1 cm³/mol. The summed E-state index contributed by atoms with van der Waals surface area (Å²) in [5, 5.41) is 9.30. The van der Waals surface area contributed by atoms with Crippen molar-refractivity contribution in [3.8, 4) is 0 Å². The van der Waals surface area contributed by atoms with E-state index < -0.39 is 5.97 Å². The molecule has 2 aromatic heterocycles. The van der Waals surface area contributed by atoms with Gasteiger partial charge in [-0.1, -0.05) is 29.5 Å². The zero-order valence-corrected chi connectivity index (χ0v) is 11.9. The van der Waals surface area contributed by atoms with Crippen LogP contribution in [0.4, 0.5) is 4.39 Å². The lowest BCUT2D eigenvalue weighted by Gasteiger charge is -1.98. The molecule has 21 heavy (non-hydrogen) atoms. The zero-order chi connectivity index (χ0) is 15.0. The average Bonchev–Trinajstić information content (AvgIpc) is 2.99. The maximum Gasteiger partial charge on any atom is 0.348 e. The number of halogens is 1. The van der Waals surface area contributed by atoms with Gasteiger partial charge in [0, 0.05) is 11.9 Å². The van der Waals surface area contributed by atoms with Crippen molar-refractivity contribution in [1.82, 2.24) is 9.38 Å². The predicted octanol–water partition coefficient (Wildman–Crippen LogP) is 3.71. The van der Waals surface area contributed by atoms with E-state index in [2.05, 4.69) is 4.98 Å². The third-order valence-corrected chi connectivity index (χ3v) is 4.13. The molecule has 0 aliphatic heterocycles. The number of rotatable bonds is 3. The molecule has 2 heterocycles. The summed E-state index contributed by atoms with van der Waals surface area (Å²) >= 11 is 1.13. The summed E-state index contributed by atoms with van der Waals surface area (Å²) in [6, 6.07) is 6.00. The second kappa shape index (κ2) is 5.14. The van der Waals surface area contributed by atoms with E-state index in [9.17, 15) is 14.3 Å². The maximum atomic E-state index is 12.9. The van der Waals surface area contributed by atoms with Gasteiger partial charge < -0.3 is 5.11 Å². The van der Waals surface area contributed by atoms with E-state index in [1.165, 1.54) is 12.1 Å². The van der Waals surface area contributed by atoms with E-state index >= 15 is 0 Å². The Morgan fingerprint density at radius 3 is 2.71 bits per heavy atom. The van der Waals surface area contributed by atoms with Gasteiger partial charge in [0.25, 0.3) is 0 Å². The Morgan fingerprint density at radius 2 is 2.05 bits per heavy atom. The van der Waals surface area contributed by atoms with Crippen LogP contribution in [-0.2, 0) is 0 Å². The van der Waals surface area contributed by atoms with Gasteiger partial charge in [-0.3, -0.25) is 4.40 Å². The van der Waals surface area contributed by atoms with Gasteiger partial charge >= 0.3 is 5.97 Å². The molecule has 0 amide bonds. The third-order valence-electron chi connectivity index (χ3n) is 3.07. The number of carboxylic acid groups (broad SMARTS) is 1. The number of aryl methyl sites for hydroxylation is 1. The first-order chi connectivity index (χ1) is 10.1. The van der Waals surface area contributed by atoms with Gasteiger partial charge in [-0.2, -0.15) is 0 Å². The maximum absolute atomic E-state index is 12.9. The molecule has 3 aromatic rings. The summed E-state index contributed by atoms with van der Waals surface area (Å²) in [5.41, 5.74) is 2.24. The fourth-order valence-corrected chi connectivity index (χ4v) is 3.05. The van der Waals surface area contributed by atoms with Crippen LogP contribution in [0.3, 0.4) is 0 Å². The smallest absolute Gasteiger partial charge is 0.348 e. The molecule has 4 nitrogen and oxygen atoms in total. The van der Waals surface area contributed by atoms with Crippen molar-refractivity contribution in [3.63, 3.8) is 0 Å². The van der Waals surface area contributed by atoms with E-state index in [1.54, 1.807) is 34.9 Å². The van der Waals surface area contributed by atoms with E-state index in [1.807, 2.05) is 6.92 Å². The number of benzene rings is 1. The van der Waals surface area contributed by atoms with Crippen LogP contribution in [0, 0.1) is 12.7 Å². The van der Waals surface area contributed by atoms with Crippen molar-refractivity contribution in [2.24, 2.45) is 0 Å². The molecular formula is C15H11FN2O2S. The van der Waals surface area contributed by atoms with Gasteiger partial charge in [0.15, 0.2) is 4.96 Å². The van der Waals surface area contributed by atoms with Gasteiger partial charge in [-0.25, -0.2) is 14.2 Å². The molecule has 0 saturated carbocycles. The molecule has 0 radical (unpaired) electrons. The summed E-state index contributed by atoms with van der Waals surface area (Å²) in [4.78, 5) is 16.4. The number of thiazole rings is 1.